The second-order valence-corrected chi connectivity index (χ2v) is 7.06. The van der Waals surface area contributed by atoms with E-state index in [-0.39, 0.29) is 12.4 Å². The lowest BCUT2D eigenvalue weighted by molar-refractivity contribution is -0.00153. The zero-order chi connectivity index (χ0) is 19.6. The van der Waals surface area contributed by atoms with E-state index >= 15 is 0 Å². The molecule has 2 heterocycles. The van der Waals surface area contributed by atoms with Gasteiger partial charge in [-0.25, -0.2) is 4.39 Å². The number of rotatable bonds is 11. The largest absolute Gasteiger partial charge is 0.467 e. The van der Waals surface area contributed by atoms with E-state index in [9.17, 15) is 9.50 Å². The Morgan fingerprint density at radius 1 is 1.18 bits per heavy atom. The monoisotopic (exact) mass is 392 g/mol. The summed E-state index contributed by atoms with van der Waals surface area (Å²) < 4.78 is 29.4. The van der Waals surface area contributed by atoms with Crippen LogP contribution in [0.15, 0.2) is 47.1 Å². The lowest BCUT2D eigenvalue weighted by Gasteiger charge is -2.31. The first-order valence-electron chi connectivity index (χ1n) is 9.74. The highest BCUT2D eigenvalue weighted by Gasteiger charge is 2.16. The summed E-state index contributed by atoms with van der Waals surface area (Å²) in [5.74, 6) is 0.498. The van der Waals surface area contributed by atoms with Crippen LogP contribution in [0.2, 0.25) is 0 Å². The van der Waals surface area contributed by atoms with Crippen LogP contribution in [-0.4, -0.2) is 73.6 Å². The minimum absolute atomic E-state index is 0.234. The molecule has 1 aliphatic heterocycles. The van der Waals surface area contributed by atoms with Gasteiger partial charge in [0, 0.05) is 39.3 Å². The van der Waals surface area contributed by atoms with Crippen molar-refractivity contribution in [2.24, 2.45) is 0 Å². The first-order valence-corrected chi connectivity index (χ1v) is 9.74. The first kappa shape index (κ1) is 21.0. The van der Waals surface area contributed by atoms with Gasteiger partial charge in [-0.3, -0.25) is 9.80 Å². The Labute approximate surface area is 165 Å². The molecule has 2 aromatic rings. The van der Waals surface area contributed by atoms with E-state index in [1.165, 1.54) is 12.1 Å². The summed E-state index contributed by atoms with van der Waals surface area (Å²) in [5.41, 5.74) is 1.02. The molecule has 1 fully saturated rings. The van der Waals surface area contributed by atoms with Crippen molar-refractivity contribution in [1.29, 1.82) is 0 Å². The fourth-order valence-electron chi connectivity index (χ4n) is 3.23. The van der Waals surface area contributed by atoms with Crippen molar-refractivity contribution in [1.82, 2.24) is 9.80 Å². The molecule has 154 valence electrons. The molecule has 0 amide bonds. The maximum Gasteiger partial charge on any atom is 0.129 e. The molecule has 0 radical (unpaired) electrons. The topological polar surface area (TPSA) is 58.3 Å². The lowest BCUT2D eigenvalue weighted by atomic mass is 10.2. The normalized spacial score (nSPS) is 16.5. The van der Waals surface area contributed by atoms with Gasteiger partial charge in [-0.15, -0.1) is 0 Å². The predicted molar refractivity (Wildman–Crippen MR) is 103 cm³/mol. The van der Waals surface area contributed by atoms with Crippen LogP contribution in [0.25, 0.3) is 0 Å². The number of hydrogen-bond acceptors (Lipinski definition) is 6. The van der Waals surface area contributed by atoms with Crippen LogP contribution in [0.4, 0.5) is 4.39 Å². The van der Waals surface area contributed by atoms with Crippen molar-refractivity contribution in [3.05, 3.63) is 59.8 Å². The number of aliphatic hydroxyl groups excluding tert-OH is 1. The quantitative estimate of drug-likeness (QED) is 0.632. The standard InChI is InChI=1S/C21H29FN2O4/c22-19-5-3-18(4-6-19)14-24(8-7-23-9-12-26-13-10-23)15-20(25)16-27-17-21-2-1-11-28-21/h1-6,11,20,25H,7-10,12-17H2/t20-/m1/s1. The van der Waals surface area contributed by atoms with Crippen molar-refractivity contribution in [3.63, 3.8) is 0 Å². The molecule has 0 spiro atoms. The number of aliphatic hydroxyl groups is 1. The van der Waals surface area contributed by atoms with Gasteiger partial charge < -0.3 is 19.0 Å². The summed E-state index contributed by atoms with van der Waals surface area (Å²) in [7, 11) is 0. The van der Waals surface area contributed by atoms with E-state index in [1.807, 2.05) is 12.1 Å². The zero-order valence-corrected chi connectivity index (χ0v) is 16.1. The number of benzene rings is 1. The molecule has 1 saturated heterocycles. The minimum Gasteiger partial charge on any atom is -0.467 e. The van der Waals surface area contributed by atoms with Gasteiger partial charge in [-0.2, -0.15) is 0 Å². The number of ether oxygens (including phenoxy) is 2. The third-order valence-electron chi connectivity index (χ3n) is 4.76. The average Bonchev–Trinajstić information content (AvgIpc) is 3.22. The van der Waals surface area contributed by atoms with Gasteiger partial charge in [0.2, 0.25) is 0 Å². The number of halogens is 1. The summed E-state index contributed by atoms with van der Waals surface area (Å²) in [6.07, 6.45) is 0.991. The number of nitrogens with zero attached hydrogens (tertiary/aromatic N) is 2. The van der Waals surface area contributed by atoms with Crippen LogP contribution in [0.3, 0.4) is 0 Å². The summed E-state index contributed by atoms with van der Waals surface area (Å²) >= 11 is 0. The van der Waals surface area contributed by atoms with Crippen molar-refractivity contribution < 1.29 is 23.4 Å². The third-order valence-corrected chi connectivity index (χ3v) is 4.76. The van der Waals surface area contributed by atoms with Crippen LogP contribution in [0.5, 0.6) is 0 Å². The Morgan fingerprint density at radius 2 is 1.96 bits per heavy atom. The molecule has 1 aromatic heterocycles. The molecule has 0 aliphatic carbocycles. The van der Waals surface area contributed by atoms with E-state index in [0.29, 0.717) is 19.7 Å². The Bertz CT molecular complexity index is 660. The second kappa shape index (κ2) is 11.3. The van der Waals surface area contributed by atoms with Gasteiger partial charge in [0.15, 0.2) is 0 Å². The number of furan rings is 1. The van der Waals surface area contributed by atoms with Gasteiger partial charge in [0.05, 0.1) is 32.2 Å². The summed E-state index contributed by atoms with van der Waals surface area (Å²) in [5, 5.41) is 10.4. The molecule has 1 aliphatic rings. The zero-order valence-electron chi connectivity index (χ0n) is 16.1. The molecule has 1 N–H and O–H groups in total. The SMILES string of the molecule is O[C@@H](COCc1ccco1)CN(CCN1CCOCC1)Cc1ccc(F)cc1. The fraction of sp³-hybridized carbons (Fsp3) is 0.524. The minimum atomic E-state index is -0.611. The molecule has 0 unspecified atom stereocenters. The number of hydrogen-bond donors (Lipinski definition) is 1. The van der Waals surface area contributed by atoms with Crippen molar-refractivity contribution >= 4 is 0 Å². The van der Waals surface area contributed by atoms with Crippen molar-refractivity contribution in [2.45, 2.75) is 19.3 Å². The van der Waals surface area contributed by atoms with Crippen LogP contribution >= 0.6 is 0 Å². The molecule has 1 aromatic carbocycles. The van der Waals surface area contributed by atoms with E-state index in [2.05, 4.69) is 9.80 Å². The third kappa shape index (κ3) is 7.33. The summed E-state index contributed by atoms with van der Waals surface area (Å²) in [6.45, 7) is 6.83. The van der Waals surface area contributed by atoms with Crippen LogP contribution in [-0.2, 0) is 22.6 Å². The first-order chi connectivity index (χ1) is 13.7. The average molecular weight is 392 g/mol. The second-order valence-electron chi connectivity index (χ2n) is 7.06. The van der Waals surface area contributed by atoms with Gasteiger partial charge in [-0.1, -0.05) is 12.1 Å². The molecule has 3 rings (SSSR count). The van der Waals surface area contributed by atoms with Crippen LogP contribution < -0.4 is 0 Å². The molecule has 0 saturated carbocycles. The van der Waals surface area contributed by atoms with E-state index in [4.69, 9.17) is 13.9 Å². The maximum absolute atomic E-state index is 13.2. The highest BCUT2D eigenvalue weighted by Crippen LogP contribution is 2.09. The van der Waals surface area contributed by atoms with Gasteiger partial charge in [0.1, 0.15) is 18.2 Å². The molecule has 1 atom stereocenters. The number of morpholine rings is 1. The highest BCUT2D eigenvalue weighted by molar-refractivity contribution is 5.15. The van der Waals surface area contributed by atoms with Gasteiger partial charge in [-0.05, 0) is 29.8 Å². The van der Waals surface area contributed by atoms with Crippen LogP contribution in [0.1, 0.15) is 11.3 Å². The van der Waals surface area contributed by atoms with Gasteiger partial charge >= 0.3 is 0 Å². The maximum atomic E-state index is 13.2. The van der Waals surface area contributed by atoms with E-state index in [1.54, 1.807) is 18.4 Å². The highest BCUT2D eigenvalue weighted by atomic mass is 19.1. The molecule has 28 heavy (non-hydrogen) atoms. The molecular weight excluding hydrogens is 363 g/mol. The molecular formula is C21H29FN2O4. The van der Waals surface area contributed by atoms with E-state index < -0.39 is 6.10 Å². The summed E-state index contributed by atoms with van der Waals surface area (Å²) in [6, 6.07) is 10.2. The molecule has 6 nitrogen and oxygen atoms in total. The van der Waals surface area contributed by atoms with Gasteiger partial charge in [0.25, 0.3) is 0 Å². The molecule has 7 heteroatoms. The summed E-state index contributed by atoms with van der Waals surface area (Å²) in [4.78, 5) is 4.55. The van der Waals surface area contributed by atoms with E-state index in [0.717, 1.165) is 50.7 Å². The Kier molecular flexibility index (Phi) is 8.44. The lowest BCUT2D eigenvalue weighted by Crippen LogP contribution is -2.43. The molecule has 0 bridgehead atoms. The smallest absolute Gasteiger partial charge is 0.129 e. The van der Waals surface area contributed by atoms with Crippen LogP contribution in [0, 0.1) is 5.82 Å². The Morgan fingerprint density at radius 3 is 2.68 bits per heavy atom. The predicted octanol–water partition coefficient (Wildman–Crippen LogP) is 2.13. The Balaban J connectivity index is 1.48. The van der Waals surface area contributed by atoms with Crippen molar-refractivity contribution in [3.8, 4) is 0 Å². The fourth-order valence-corrected chi connectivity index (χ4v) is 3.23. The van der Waals surface area contributed by atoms with Crippen molar-refractivity contribution in [2.75, 3.05) is 52.5 Å². The Hall–Kier alpha value is -1.77.